The summed E-state index contributed by atoms with van der Waals surface area (Å²) in [4.78, 5) is 14.5. The van der Waals surface area contributed by atoms with Crippen LogP contribution in [0.1, 0.15) is 25.0 Å². The maximum atomic E-state index is 12.6. The number of carbonyl (C=O) groups excluding carboxylic acids is 1. The van der Waals surface area contributed by atoms with E-state index in [4.69, 9.17) is 0 Å². The molecular weight excluding hydrogens is 334 g/mol. The second-order valence-electron chi connectivity index (χ2n) is 6.32. The number of rotatable bonds is 5. The van der Waals surface area contributed by atoms with Crippen molar-refractivity contribution in [2.45, 2.75) is 31.7 Å². The summed E-state index contributed by atoms with van der Waals surface area (Å²) >= 11 is 0. The molecule has 0 spiro atoms. The molecule has 2 rings (SSSR count). The molecule has 0 unspecified atom stereocenters. The molecule has 0 heterocycles. The van der Waals surface area contributed by atoms with Crippen molar-refractivity contribution < 1.29 is 13.2 Å². The molecule has 0 aromatic heterocycles. The molecule has 0 aliphatic rings. The number of hydrogen-bond acceptors (Lipinski definition) is 3. The van der Waals surface area contributed by atoms with Gasteiger partial charge in [0.25, 0.3) is 5.91 Å². The maximum Gasteiger partial charge on any atom is 0.251 e. The Morgan fingerprint density at radius 2 is 1.72 bits per heavy atom. The minimum atomic E-state index is -3.25. The Morgan fingerprint density at radius 1 is 1.08 bits per heavy atom. The zero-order valence-electron chi connectivity index (χ0n) is 14.9. The summed E-state index contributed by atoms with van der Waals surface area (Å²) in [6.45, 7) is 5.84. The fraction of sp³-hybridized carbons (Fsp3) is 0.250. The van der Waals surface area contributed by atoms with Gasteiger partial charge in [0.05, 0.1) is 4.90 Å². The van der Waals surface area contributed by atoms with Gasteiger partial charge >= 0.3 is 0 Å². The monoisotopic (exact) mass is 357 g/mol. The highest BCUT2D eigenvalue weighted by Gasteiger charge is 2.17. The molecule has 2 aromatic carbocycles. The molecule has 0 aliphatic carbocycles. The van der Waals surface area contributed by atoms with Gasteiger partial charge in [-0.2, -0.15) is 0 Å². The normalized spacial score (nSPS) is 11.9. The Labute approximate surface area is 149 Å². The summed E-state index contributed by atoms with van der Waals surface area (Å²) in [7, 11) is -3.25. The first-order valence-corrected chi connectivity index (χ1v) is 9.95. The smallest absolute Gasteiger partial charge is 0.251 e. The van der Waals surface area contributed by atoms with Gasteiger partial charge in [0.15, 0.2) is 9.84 Å². The minimum Gasteiger partial charge on any atom is -0.306 e. The van der Waals surface area contributed by atoms with Crippen LogP contribution in [0.2, 0.25) is 0 Å². The third kappa shape index (κ3) is 5.03. The molecule has 132 valence electrons. The fourth-order valence-electron chi connectivity index (χ4n) is 2.56. The van der Waals surface area contributed by atoms with Gasteiger partial charge in [-0.15, -0.1) is 0 Å². The highest BCUT2D eigenvalue weighted by Crippen LogP contribution is 2.21. The Hall–Kier alpha value is -2.40. The third-order valence-electron chi connectivity index (χ3n) is 3.76. The number of amides is 1. The zero-order valence-corrected chi connectivity index (χ0v) is 15.7. The van der Waals surface area contributed by atoms with Gasteiger partial charge in [-0.3, -0.25) is 4.79 Å². The van der Waals surface area contributed by atoms with Crippen molar-refractivity contribution in [3.63, 3.8) is 0 Å². The van der Waals surface area contributed by atoms with Crippen LogP contribution in [-0.4, -0.2) is 26.6 Å². The Bertz CT molecular complexity index is 881. The topological polar surface area (TPSA) is 54.5 Å². The minimum absolute atomic E-state index is 0.0567. The van der Waals surface area contributed by atoms with Gasteiger partial charge < -0.3 is 4.90 Å². The summed E-state index contributed by atoms with van der Waals surface area (Å²) in [6.07, 6.45) is 4.49. The van der Waals surface area contributed by atoms with Crippen LogP contribution in [0.3, 0.4) is 0 Å². The lowest BCUT2D eigenvalue weighted by atomic mass is 10.1. The van der Waals surface area contributed by atoms with Crippen LogP contribution in [-0.2, 0) is 14.6 Å². The number of anilines is 1. The van der Waals surface area contributed by atoms with E-state index in [1.165, 1.54) is 12.1 Å². The van der Waals surface area contributed by atoms with Crippen molar-refractivity contribution in [3.8, 4) is 0 Å². The molecule has 4 nitrogen and oxygen atoms in total. The van der Waals surface area contributed by atoms with Crippen molar-refractivity contribution in [1.82, 2.24) is 0 Å². The van der Waals surface area contributed by atoms with E-state index in [9.17, 15) is 13.2 Å². The molecule has 0 radical (unpaired) electrons. The van der Waals surface area contributed by atoms with Crippen molar-refractivity contribution in [2.75, 3.05) is 11.2 Å². The summed E-state index contributed by atoms with van der Waals surface area (Å²) in [6, 6.07) is 14.2. The highest BCUT2D eigenvalue weighted by molar-refractivity contribution is 7.90. The molecule has 0 N–H and O–H groups in total. The van der Waals surface area contributed by atoms with Crippen molar-refractivity contribution in [2.24, 2.45) is 0 Å². The van der Waals surface area contributed by atoms with Crippen LogP contribution in [0.5, 0.6) is 0 Å². The van der Waals surface area contributed by atoms with E-state index in [1.54, 1.807) is 29.2 Å². The Kier molecular flexibility index (Phi) is 5.80. The zero-order chi connectivity index (χ0) is 18.6. The van der Waals surface area contributed by atoms with E-state index in [1.807, 2.05) is 45.0 Å². The lowest BCUT2D eigenvalue weighted by molar-refractivity contribution is -0.114. The molecule has 0 aliphatic heterocycles. The summed E-state index contributed by atoms with van der Waals surface area (Å²) in [5, 5.41) is 0. The molecule has 0 fully saturated rings. The maximum absolute atomic E-state index is 12.6. The van der Waals surface area contributed by atoms with Gasteiger partial charge in [0.2, 0.25) is 0 Å². The molecule has 0 saturated carbocycles. The van der Waals surface area contributed by atoms with E-state index in [-0.39, 0.29) is 16.8 Å². The Morgan fingerprint density at radius 3 is 2.24 bits per heavy atom. The van der Waals surface area contributed by atoms with Crippen LogP contribution in [0.15, 0.2) is 59.5 Å². The average Bonchev–Trinajstić information content (AvgIpc) is 2.52. The number of benzene rings is 2. The van der Waals surface area contributed by atoms with Crippen molar-refractivity contribution >= 4 is 27.5 Å². The third-order valence-corrected chi connectivity index (χ3v) is 4.89. The number of carbonyl (C=O) groups is 1. The lowest BCUT2D eigenvalue weighted by Crippen LogP contribution is -2.35. The van der Waals surface area contributed by atoms with Gasteiger partial charge in [-0.25, -0.2) is 8.42 Å². The van der Waals surface area contributed by atoms with E-state index < -0.39 is 9.84 Å². The van der Waals surface area contributed by atoms with Gasteiger partial charge in [0, 0.05) is 24.1 Å². The standard InChI is InChI=1S/C20H23NO3S/c1-15(2)21(18-9-11-19(12-10-18)25(4,23)24)20(22)13-8-17-7-5-6-16(3)14-17/h5-15H,1-4H3/b13-8+. The molecule has 0 bridgehead atoms. The summed E-state index contributed by atoms with van der Waals surface area (Å²) in [5.74, 6) is -0.149. The van der Waals surface area contributed by atoms with Crippen LogP contribution in [0, 0.1) is 6.92 Å². The summed E-state index contributed by atoms with van der Waals surface area (Å²) < 4.78 is 23.2. The molecule has 5 heteroatoms. The van der Waals surface area contributed by atoms with E-state index in [0.29, 0.717) is 5.69 Å². The number of hydrogen-bond donors (Lipinski definition) is 0. The Balaban J connectivity index is 2.27. The van der Waals surface area contributed by atoms with Crippen LogP contribution in [0.25, 0.3) is 6.08 Å². The van der Waals surface area contributed by atoms with Crippen LogP contribution >= 0.6 is 0 Å². The first-order chi connectivity index (χ1) is 11.7. The predicted molar refractivity (Wildman–Crippen MR) is 102 cm³/mol. The van der Waals surface area contributed by atoms with E-state index in [2.05, 4.69) is 0 Å². The predicted octanol–water partition coefficient (Wildman–Crippen LogP) is 3.85. The van der Waals surface area contributed by atoms with Gasteiger partial charge in [0.1, 0.15) is 0 Å². The highest BCUT2D eigenvalue weighted by atomic mass is 32.2. The average molecular weight is 357 g/mol. The molecule has 25 heavy (non-hydrogen) atoms. The second kappa shape index (κ2) is 7.66. The van der Waals surface area contributed by atoms with Crippen molar-refractivity contribution in [3.05, 3.63) is 65.7 Å². The van der Waals surface area contributed by atoms with Crippen LogP contribution in [0.4, 0.5) is 5.69 Å². The lowest BCUT2D eigenvalue weighted by Gasteiger charge is -2.25. The fourth-order valence-corrected chi connectivity index (χ4v) is 3.19. The SMILES string of the molecule is Cc1cccc(/C=C/C(=O)N(c2ccc(S(C)(=O)=O)cc2)C(C)C)c1. The van der Waals surface area contributed by atoms with Gasteiger partial charge in [-0.1, -0.05) is 29.8 Å². The summed E-state index contributed by atoms with van der Waals surface area (Å²) in [5.41, 5.74) is 2.76. The molecule has 1 amide bonds. The molecule has 0 saturated heterocycles. The van der Waals surface area contributed by atoms with Crippen LogP contribution < -0.4 is 4.90 Å². The quantitative estimate of drug-likeness (QED) is 0.764. The molecule has 2 aromatic rings. The van der Waals surface area contributed by atoms with Crippen molar-refractivity contribution in [1.29, 1.82) is 0 Å². The molecular formula is C20H23NO3S. The number of sulfone groups is 1. The second-order valence-corrected chi connectivity index (χ2v) is 8.33. The number of aryl methyl sites for hydroxylation is 1. The van der Waals surface area contributed by atoms with E-state index in [0.717, 1.165) is 17.4 Å². The largest absolute Gasteiger partial charge is 0.306 e. The molecule has 0 atom stereocenters. The van der Waals surface area contributed by atoms with Gasteiger partial charge in [-0.05, 0) is 56.7 Å². The van der Waals surface area contributed by atoms with E-state index >= 15 is 0 Å². The first kappa shape index (κ1) is 18.9. The first-order valence-electron chi connectivity index (χ1n) is 8.06. The number of nitrogens with zero attached hydrogens (tertiary/aromatic N) is 1.